The fourth-order valence-corrected chi connectivity index (χ4v) is 4.69. The largest absolute Gasteiger partial charge is 0.410 e. The van der Waals surface area contributed by atoms with Gasteiger partial charge < -0.3 is 15.7 Å². The average Bonchev–Trinajstić information content (AvgIpc) is 3.33. The highest BCUT2D eigenvalue weighted by Crippen LogP contribution is 2.44. The summed E-state index contributed by atoms with van der Waals surface area (Å²) in [7, 11) is 0. The monoisotopic (exact) mass is 526 g/mol. The van der Waals surface area contributed by atoms with Crippen LogP contribution in [0, 0.1) is 0 Å². The molecule has 1 amide bonds. The molecule has 2 heterocycles. The summed E-state index contributed by atoms with van der Waals surface area (Å²) < 4.78 is 42.7. The maximum Gasteiger partial charge on any atom is 0.410 e. The third kappa shape index (κ3) is 5.05. The van der Waals surface area contributed by atoms with Crippen LogP contribution in [0.1, 0.15) is 51.7 Å². The van der Waals surface area contributed by atoms with Crippen LogP contribution in [0.2, 0.25) is 5.02 Å². The van der Waals surface area contributed by atoms with Gasteiger partial charge in [-0.05, 0) is 29.3 Å². The minimum Gasteiger partial charge on any atom is -0.384 e. The Morgan fingerprint density at radius 1 is 1.08 bits per heavy atom. The van der Waals surface area contributed by atoms with Crippen molar-refractivity contribution in [3.63, 3.8) is 0 Å². The number of rotatable bonds is 5. The van der Waals surface area contributed by atoms with E-state index >= 15 is 0 Å². The number of alkyl halides is 3. The molecule has 3 atom stereocenters. The Morgan fingerprint density at radius 2 is 1.76 bits per heavy atom. The molecule has 4 aromatic rings. The standard InChI is InChI=1S/C27H22ClF3N4O2/c28-18-11-12-21(19(13-18)24(36)17-9-5-2-6-10-17)34-26(37)20-15-32-35-23(27(29,30)31)14-22(33-25(20)35)16-7-3-1-4-8-16/h1-13,15,22-24,33,36H,14H2,(H,34,37)/t22-,23+,24+/m1/s1. The van der Waals surface area contributed by atoms with E-state index in [1.807, 2.05) is 6.07 Å². The number of carbonyl (C=O) groups excluding carboxylic acids is 1. The zero-order valence-electron chi connectivity index (χ0n) is 19.3. The summed E-state index contributed by atoms with van der Waals surface area (Å²) in [6, 6.07) is 19.6. The van der Waals surface area contributed by atoms with Crippen molar-refractivity contribution in [1.82, 2.24) is 9.78 Å². The molecule has 1 aromatic heterocycles. The Kier molecular flexibility index (Phi) is 6.66. The number of halogens is 4. The fraction of sp³-hybridized carbons (Fsp3) is 0.185. The van der Waals surface area contributed by atoms with Gasteiger partial charge in [-0.2, -0.15) is 18.3 Å². The molecule has 5 rings (SSSR count). The molecule has 37 heavy (non-hydrogen) atoms. The number of nitrogens with zero attached hydrogens (tertiary/aromatic N) is 2. The Bertz CT molecular complexity index is 1410. The lowest BCUT2D eigenvalue weighted by Crippen LogP contribution is -2.36. The Labute approximate surface area is 215 Å². The first-order chi connectivity index (χ1) is 17.7. The number of carbonyl (C=O) groups is 1. The van der Waals surface area contributed by atoms with Crippen LogP contribution in [0.15, 0.2) is 85.1 Å². The molecule has 0 unspecified atom stereocenters. The number of aromatic nitrogens is 2. The van der Waals surface area contributed by atoms with Gasteiger partial charge in [-0.3, -0.25) is 4.79 Å². The topological polar surface area (TPSA) is 79.2 Å². The lowest BCUT2D eigenvalue weighted by molar-refractivity contribution is -0.173. The van der Waals surface area contributed by atoms with Crippen LogP contribution < -0.4 is 10.6 Å². The van der Waals surface area contributed by atoms with E-state index in [4.69, 9.17) is 11.6 Å². The maximum absolute atomic E-state index is 14.0. The summed E-state index contributed by atoms with van der Waals surface area (Å²) in [4.78, 5) is 13.3. The van der Waals surface area contributed by atoms with Gasteiger partial charge in [-0.25, -0.2) is 4.68 Å². The molecule has 1 aliphatic heterocycles. The van der Waals surface area contributed by atoms with Gasteiger partial charge in [0, 0.05) is 22.7 Å². The molecule has 0 aliphatic carbocycles. The molecule has 3 aromatic carbocycles. The SMILES string of the molecule is O=C(Nc1ccc(Cl)cc1[C@@H](O)c1ccccc1)c1cnn2c1N[C@@H](c1ccccc1)C[C@H]2C(F)(F)F. The van der Waals surface area contributed by atoms with Gasteiger partial charge in [0.2, 0.25) is 0 Å². The molecule has 0 spiro atoms. The number of nitrogens with one attached hydrogen (secondary N) is 2. The van der Waals surface area contributed by atoms with E-state index in [9.17, 15) is 23.1 Å². The second-order valence-corrected chi connectivity index (χ2v) is 9.19. The predicted octanol–water partition coefficient (Wildman–Crippen LogP) is 6.53. The molecule has 3 N–H and O–H groups in total. The van der Waals surface area contributed by atoms with Gasteiger partial charge in [-0.15, -0.1) is 0 Å². The fourth-order valence-electron chi connectivity index (χ4n) is 4.51. The normalized spacial score (nSPS) is 18.0. The van der Waals surface area contributed by atoms with Crippen LogP contribution in [0.25, 0.3) is 0 Å². The van der Waals surface area contributed by atoms with Gasteiger partial charge in [0.15, 0.2) is 6.04 Å². The van der Waals surface area contributed by atoms with Crippen LogP contribution in [0.4, 0.5) is 24.7 Å². The number of amides is 1. The van der Waals surface area contributed by atoms with E-state index in [-0.39, 0.29) is 23.5 Å². The molecule has 190 valence electrons. The Morgan fingerprint density at radius 3 is 2.43 bits per heavy atom. The van der Waals surface area contributed by atoms with Crippen molar-refractivity contribution in [3.8, 4) is 0 Å². The number of anilines is 2. The molecule has 0 bridgehead atoms. The van der Waals surface area contributed by atoms with E-state index in [0.29, 0.717) is 21.7 Å². The minimum atomic E-state index is -4.56. The molecule has 10 heteroatoms. The highest BCUT2D eigenvalue weighted by molar-refractivity contribution is 6.30. The molecule has 0 saturated carbocycles. The third-order valence-electron chi connectivity index (χ3n) is 6.36. The lowest BCUT2D eigenvalue weighted by Gasteiger charge is -2.34. The second kappa shape index (κ2) is 9.91. The molecule has 0 saturated heterocycles. The molecular formula is C27H22ClF3N4O2. The highest BCUT2D eigenvalue weighted by Gasteiger charge is 2.47. The van der Waals surface area contributed by atoms with E-state index in [1.54, 1.807) is 60.7 Å². The van der Waals surface area contributed by atoms with Gasteiger partial charge >= 0.3 is 6.18 Å². The molecule has 0 fully saturated rings. The highest BCUT2D eigenvalue weighted by atomic mass is 35.5. The quantitative estimate of drug-likeness (QED) is 0.276. The molecule has 0 radical (unpaired) electrons. The van der Waals surface area contributed by atoms with Crippen molar-refractivity contribution in [2.45, 2.75) is 30.8 Å². The van der Waals surface area contributed by atoms with Crippen molar-refractivity contribution in [2.24, 2.45) is 0 Å². The second-order valence-electron chi connectivity index (χ2n) is 8.75. The number of aliphatic hydroxyl groups excluding tert-OH is 1. The van der Waals surface area contributed by atoms with Gasteiger partial charge in [0.05, 0.1) is 12.2 Å². The van der Waals surface area contributed by atoms with E-state index < -0.39 is 30.3 Å². The summed E-state index contributed by atoms with van der Waals surface area (Å²) in [5.74, 6) is -0.703. The maximum atomic E-state index is 14.0. The summed E-state index contributed by atoms with van der Waals surface area (Å²) in [5.41, 5.74) is 1.82. The number of hydrogen-bond donors (Lipinski definition) is 3. The van der Waals surface area contributed by atoms with E-state index in [0.717, 1.165) is 10.9 Å². The number of aliphatic hydroxyl groups is 1. The number of benzene rings is 3. The van der Waals surface area contributed by atoms with Crippen LogP contribution in [0.3, 0.4) is 0 Å². The first-order valence-corrected chi connectivity index (χ1v) is 11.9. The molecule has 1 aliphatic rings. The average molecular weight is 527 g/mol. The number of hydrogen-bond acceptors (Lipinski definition) is 4. The van der Waals surface area contributed by atoms with Crippen LogP contribution in [0.5, 0.6) is 0 Å². The first kappa shape index (κ1) is 24.9. The molecule has 6 nitrogen and oxygen atoms in total. The summed E-state index contributed by atoms with van der Waals surface area (Å²) >= 11 is 6.16. The minimum absolute atomic E-state index is 0.0287. The molecular weight excluding hydrogens is 505 g/mol. The Hall–Kier alpha value is -3.82. The van der Waals surface area contributed by atoms with Crippen LogP contribution >= 0.6 is 11.6 Å². The zero-order valence-corrected chi connectivity index (χ0v) is 20.0. The summed E-state index contributed by atoms with van der Waals surface area (Å²) in [5, 5.41) is 21.0. The predicted molar refractivity (Wildman–Crippen MR) is 135 cm³/mol. The van der Waals surface area contributed by atoms with Crippen LogP contribution in [-0.4, -0.2) is 27.0 Å². The van der Waals surface area contributed by atoms with E-state index in [2.05, 4.69) is 15.7 Å². The van der Waals surface area contributed by atoms with E-state index in [1.165, 1.54) is 12.1 Å². The third-order valence-corrected chi connectivity index (χ3v) is 6.59. The van der Waals surface area contributed by atoms with Crippen molar-refractivity contribution in [3.05, 3.63) is 112 Å². The van der Waals surface area contributed by atoms with Crippen molar-refractivity contribution < 1.29 is 23.1 Å². The zero-order chi connectivity index (χ0) is 26.2. The van der Waals surface area contributed by atoms with Gasteiger partial charge in [0.1, 0.15) is 17.5 Å². The van der Waals surface area contributed by atoms with Gasteiger partial charge in [-0.1, -0.05) is 72.3 Å². The smallest absolute Gasteiger partial charge is 0.384 e. The summed E-state index contributed by atoms with van der Waals surface area (Å²) in [6.45, 7) is 0. The van der Waals surface area contributed by atoms with Gasteiger partial charge in [0.25, 0.3) is 5.91 Å². The number of fused-ring (bicyclic) bond motifs is 1. The van der Waals surface area contributed by atoms with Crippen LogP contribution in [-0.2, 0) is 0 Å². The van der Waals surface area contributed by atoms with Crippen molar-refractivity contribution in [2.75, 3.05) is 10.6 Å². The van der Waals surface area contributed by atoms with Crippen molar-refractivity contribution >= 4 is 29.0 Å². The van der Waals surface area contributed by atoms with Crippen molar-refractivity contribution in [1.29, 1.82) is 0 Å². The lowest BCUT2D eigenvalue weighted by atomic mass is 9.96. The summed E-state index contributed by atoms with van der Waals surface area (Å²) in [6.07, 6.45) is -4.81. The Balaban J connectivity index is 1.49. The first-order valence-electron chi connectivity index (χ1n) is 11.5.